The Bertz CT molecular complexity index is 560. The quantitative estimate of drug-likeness (QED) is 0.503. The molecular weight excluding hydrogens is 212 g/mol. The van der Waals surface area contributed by atoms with E-state index in [-0.39, 0.29) is 5.71 Å². The summed E-state index contributed by atoms with van der Waals surface area (Å²) in [5.41, 5.74) is 3.54. The molecular formula is C8H8N6O2. The molecule has 2 rings (SSSR count). The van der Waals surface area contributed by atoms with Gasteiger partial charge in [0.25, 0.3) is 0 Å². The number of aromatic amines is 1. The van der Waals surface area contributed by atoms with Crippen LogP contribution in [-0.4, -0.2) is 36.7 Å². The van der Waals surface area contributed by atoms with Crippen molar-refractivity contribution in [1.29, 1.82) is 0 Å². The molecule has 0 aliphatic rings. The second-order valence-corrected chi connectivity index (χ2v) is 2.94. The number of nitrogens with zero attached hydrogens (tertiary/aromatic N) is 4. The van der Waals surface area contributed by atoms with E-state index in [1.165, 1.54) is 19.6 Å². The summed E-state index contributed by atoms with van der Waals surface area (Å²) in [6, 6.07) is 0. The standard InChI is InChI=1S/C8H8N6O2/c1-4(8(15)16)13-14-7-5-6(10-2-9-5)11-3-12-7/h2-3H,1H3,(H,15,16)(H2,9,10,11,12,14). The van der Waals surface area contributed by atoms with Gasteiger partial charge in [-0.05, 0) is 6.92 Å². The molecule has 0 spiro atoms. The average Bonchev–Trinajstić information content (AvgIpc) is 2.73. The van der Waals surface area contributed by atoms with Gasteiger partial charge in [-0.2, -0.15) is 5.10 Å². The number of carbonyl (C=O) groups is 1. The summed E-state index contributed by atoms with van der Waals surface area (Å²) in [5.74, 6) is -0.717. The Morgan fingerprint density at radius 1 is 1.50 bits per heavy atom. The van der Waals surface area contributed by atoms with Crippen molar-refractivity contribution in [2.24, 2.45) is 5.10 Å². The fourth-order valence-corrected chi connectivity index (χ4v) is 1.03. The summed E-state index contributed by atoms with van der Waals surface area (Å²) >= 11 is 0. The van der Waals surface area contributed by atoms with Crippen molar-refractivity contribution in [1.82, 2.24) is 19.9 Å². The Morgan fingerprint density at radius 3 is 3.06 bits per heavy atom. The first-order valence-corrected chi connectivity index (χ1v) is 4.36. The number of H-pyrrole nitrogens is 1. The normalized spacial score (nSPS) is 11.7. The number of imidazole rings is 1. The van der Waals surface area contributed by atoms with Gasteiger partial charge in [-0.15, -0.1) is 0 Å². The van der Waals surface area contributed by atoms with Crippen molar-refractivity contribution in [2.45, 2.75) is 6.92 Å². The number of anilines is 1. The summed E-state index contributed by atoms with van der Waals surface area (Å²) in [6.45, 7) is 1.38. The van der Waals surface area contributed by atoms with Gasteiger partial charge in [0.2, 0.25) is 0 Å². The highest BCUT2D eigenvalue weighted by Gasteiger charge is 2.06. The number of aliphatic carboxylic acids is 1. The molecule has 0 atom stereocenters. The molecule has 0 aliphatic carbocycles. The largest absolute Gasteiger partial charge is 0.477 e. The molecule has 0 aromatic carbocycles. The minimum absolute atomic E-state index is 0.0636. The molecule has 8 heteroatoms. The van der Waals surface area contributed by atoms with Crippen molar-refractivity contribution in [3.63, 3.8) is 0 Å². The molecule has 8 nitrogen and oxygen atoms in total. The number of hydrogen-bond donors (Lipinski definition) is 3. The van der Waals surface area contributed by atoms with Crippen molar-refractivity contribution in [3.05, 3.63) is 12.7 Å². The molecule has 3 N–H and O–H groups in total. The maximum Gasteiger partial charge on any atom is 0.351 e. The second kappa shape index (κ2) is 3.93. The van der Waals surface area contributed by atoms with Crippen LogP contribution in [-0.2, 0) is 4.79 Å². The van der Waals surface area contributed by atoms with Crippen LogP contribution >= 0.6 is 0 Å². The van der Waals surface area contributed by atoms with E-state index in [2.05, 4.69) is 30.5 Å². The SMILES string of the molecule is CC(=NNc1ncnc2nc[nH]c12)C(=O)O. The fourth-order valence-electron chi connectivity index (χ4n) is 1.03. The van der Waals surface area contributed by atoms with Gasteiger partial charge in [-0.3, -0.25) is 5.43 Å². The lowest BCUT2D eigenvalue weighted by molar-refractivity contribution is -0.129. The molecule has 0 fully saturated rings. The summed E-state index contributed by atoms with van der Waals surface area (Å²) in [6.07, 6.45) is 2.79. The Kier molecular flexibility index (Phi) is 2.46. The molecule has 16 heavy (non-hydrogen) atoms. The molecule has 0 amide bonds. The molecule has 0 bridgehead atoms. The number of nitrogens with one attached hydrogen (secondary N) is 2. The molecule has 0 saturated carbocycles. The number of fused-ring (bicyclic) bond motifs is 1. The number of rotatable bonds is 3. The predicted octanol–water partition coefficient (Wildman–Crippen LogP) is 0.225. The van der Waals surface area contributed by atoms with Crippen LogP contribution in [0.1, 0.15) is 6.92 Å². The highest BCUT2D eigenvalue weighted by Crippen LogP contribution is 2.13. The van der Waals surface area contributed by atoms with Crippen molar-refractivity contribution < 1.29 is 9.90 Å². The van der Waals surface area contributed by atoms with Crippen LogP contribution in [0.2, 0.25) is 0 Å². The van der Waals surface area contributed by atoms with E-state index in [0.717, 1.165) is 0 Å². The number of hydrazone groups is 1. The van der Waals surface area contributed by atoms with E-state index in [9.17, 15) is 4.79 Å². The molecule has 0 aliphatic heterocycles. The van der Waals surface area contributed by atoms with Crippen LogP contribution in [0.5, 0.6) is 0 Å². The summed E-state index contributed by atoms with van der Waals surface area (Å²) < 4.78 is 0. The van der Waals surface area contributed by atoms with Crippen LogP contribution in [0.3, 0.4) is 0 Å². The number of aromatic nitrogens is 4. The monoisotopic (exact) mass is 220 g/mol. The van der Waals surface area contributed by atoms with Crippen LogP contribution in [0.15, 0.2) is 17.8 Å². The summed E-state index contributed by atoms with van der Waals surface area (Å²) in [5, 5.41) is 12.3. The fraction of sp³-hybridized carbons (Fsp3) is 0.125. The zero-order valence-electron chi connectivity index (χ0n) is 8.30. The van der Waals surface area contributed by atoms with Crippen LogP contribution in [0.25, 0.3) is 11.2 Å². The van der Waals surface area contributed by atoms with Crippen molar-refractivity contribution in [2.75, 3.05) is 5.43 Å². The third kappa shape index (κ3) is 1.80. The second-order valence-electron chi connectivity index (χ2n) is 2.94. The lowest BCUT2D eigenvalue weighted by Gasteiger charge is -1.99. The van der Waals surface area contributed by atoms with Gasteiger partial charge in [0, 0.05) is 0 Å². The van der Waals surface area contributed by atoms with Gasteiger partial charge in [-0.25, -0.2) is 19.7 Å². The van der Waals surface area contributed by atoms with Gasteiger partial charge in [0.1, 0.15) is 17.6 Å². The lowest BCUT2D eigenvalue weighted by atomic mass is 10.4. The zero-order chi connectivity index (χ0) is 11.5. The van der Waals surface area contributed by atoms with E-state index < -0.39 is 5.97 Å². The third-order valence-corrected chi connectivity index (χ3v) is 1.86. The van der Waals surface area contributed by atoms with E-state index in [1.807, 2.05) is 0 Å². The van der Waals surface area contributed by atoms with Gasteiger partial charge >= 0.3 is 5.97 Å². The Morgan fingerprint density at radius 2 is 2.31 bits per heavy atom. The smallest absolute Gasteiger partial charge is 0.351 e. The van der Waals surface area contributed by atoms with E-state index in [0.29, 0.717) is 17.0 Å². The molecule has 2 heterocycles. The lowest BCUT2D eigenvalue weighted by Crippen LogP contribution is -2.10. The van der Waals surface area contributed by atoms with Gasteiger partial charge < -0.3 is 10.1 Å². The molecule has 0 unspecified atom stereocenters. The maximum absolute atomic E-state index is 10.5. The molecule has 2 aromatic rings. The molecule has 0 saturated heterocycles. The average molecular weight is 220 g/mol. The zero-order valence-corrected chi connectivity index (χ0v) is 8.30. The first-order valence-electron chi connectivity index (χ1n) is 4.36. The van der Waals surface area contributed by atoms with Crippen LogP contribution < -0.4 is 5.43 Å². The first kappa shape index (κ1) is 10.0. The van der Waals surface area contributed by atoms with E-state index in [4.69, 9.17) is 5.11 Å². The minimum atomic E-state index is -1.09. The van der Waals surface area contributed by atoms with E-state index >= 15 is 0 Å². The topological polar surface area (TPSA) is 116 Å². The third-order valence-electron chi connectivity index (χ3n) is 1.86. The molecule has 0 radical (unpaired) electrons. The highest BCUT2D eigenvalue weighted by atomic mass is 16.4. The van der Waals surface area contributed by atoms with Gasteiger partial charge in [0.15, 0.2) is 11.5 Å². The minimum Gasteiger partial charge on any atom is -0.477 e. The Hall–Kier alpha value is -2.51. The van der Waals surface area contributed by atoms with Gasteiger partial charge in [-0.1, -0.05) is 0 Å². The highest BCUT2D eigenvalue weighted by molar-refractivity contribution is 6.34. The van der Waals surface area contributed by atoms with Crippen LogP contribution in [0.4, 0.5) is 5.82 Å². The van der Waals surface area contributed by atoms with Crippen molar-refractivity contribution >= 4 is 28.7 Å². The summed E-state index contributed by atoms with van der Waals surface area (Å²) in [4.78, 5) is 25.1. The first-order chi connectivity index (χ1) is 7.68. The number of carboxylic acid groups (broad SMARTS) is 1. The molecule has 2 aromatic heterocycles. The van der Waals surface area contributed by atoms with E-state index in [1.54, 1.807) is 0 Å². The Balaban J connectivity index is 2.31. The van der Waals surface area contributed by atoms with Gasteiger partial charge in [0.05, 0.1) is 6.33 Å². The number of hydrogen-bond acceptors (Lipinski definition) is 6. The predicted molar refractivity (Wildman–Crippen MR) is 56.1 cm³/mol. The Labute approximate surface area is 89.4 Å². The van der Waals surface area contributed by atoms with Crippen molar-refractivity contribution in [3.8, 4) is 0 Å². The molecule has 82 valence electrons. The maximum atomic E-state index is 10.5. The number of carboxylic acids is 1. The summed E-state index contributed by atoms with van der Waals surface area (Å²) in [7, 11) is 0. The van der Waals surface area contributed by atoms with Crippen LogP contribution in [0, 0.1) is 0 Å².